The van der Waals surface area contributed by atoms with E-state index in [2.05, 4.69) is 17.2 Å². The van der Waals surface area contributed by atoms with E-state index in [0.29, 0.717) is 5.69 Å². The number of pyridine rings is 1. The van der Waals surface area contributed by atoms with Crippen molar-refractivity contribution in [3.8, 4) is 5.75 Å². The van der Waals surface area contributed by atoms with Crippen molar-refractivity contribution in [1.29, 1.82) is 0 Å². The number of anilines is 1. The number of hydrogen-bond donors (Lipinski definition) is 1. The lowest BCUT2D eigenvalue weighted by atomic mass is 10.3. The molecule has 1 aromatic heterocycles. The van der Waals surface area contributed by atoms with Crippen molar-refractivity contribution in [3.63, 3.8) is 0 Å². The second-order valence-corrected chi connectivity index (χ2v) is 4.30. The molecule has 0 atom stereocenters. The van der Waals surface area contributed by atoms with Gasteiger partial charge in [0.2, 0.25) is 0 Å². The normalized spacial score (nSPS) is 10.3. The van der Waals surface area contributed by atoms with Crippen LogP contribution in [0, 0.1) is 11.6 Å². The van der Waals surface area contributed by atoms with Gasteiger partial charge in [-0.05, 0) is 30.7 Å². The van der Waals surface area contributed by atoms with Crippen LogP contribution in [0.2, 0.25) is 0 Å². The standard InChI is InChI=1S/C15H16F2N2O/c1-2-7-18-11-6-8-19-12(9-11)10-20-15-13(16)4-3-5-14(15)17/h3-6,8-9H,2,7,10H2,1H3,(H,18,19). The molecule has 0 bridgehead atoms. The molecule has 1 N–H and O–H groups in total. The van der Waals surface area contributed by atoms with Gasteiger partial charge in [-0.1, -0.05) is 13.0 Å². The summed E-state index contributed by atoms with van der Waals surface area (Å²) < 4.78 is 32.0. The van der Waals surface area contributed by atoms with Crippen molar-refractivity contribution in [2.24, 2.45) is 0 Å². The third-order valence-corrected chi connectivity index (χ3v) is 2.68. The lowest BCUT2D eigenvalue weighted by molar-refractivity contribution is 0.270. The maximum atomic E-state index is 13.4. The highest BCUT2D eigenvalue weighted by Gasteiger charge is 2.10. The minimum Gasteiger partial charge on any atom is -0.481 e. The molecule has 1 heterocycles. The molecule has 2 aromatic rings. The fourth-order valence-corrected chi connectivity index (χ4v) is 1.70. The van der Waals surface area contributed by atoms with Crippen LogP contribution in [0.15, 0.2) is 36.5 Å². The molecule has 0 radical (unpaired) electrons. The first-order chi connectivity index (χ1) is 9.70. The number of benzene rings is 1. The lowest BCUT2D eigenvalue weighted by Crippen LogP contribution is -2.04. The molecule has 0 spiro atoms. The zero-order valence-electron chi connectivity index (χ0n) is 11.2. The maximum absolute atomic E-state index is 13.4. The van der Waals surface area contributed by atoms with E-state index >= 15 is 0 Å². The predicted octanol–water partition coefficient (Wildman–Crippen LogP) is 3.76. The Balaban J connectivity index is 2.03. The molecule has 2 rings (SSSR count). The zero-order valence-corrected chi connectivity index (χ0v) is 11.2. The van der Waals surface area contributed by atoms with Crippen LogP contribution in [0.25, 0.3) is 0 Å². The van der Waals surface area contributed by atoms with Crippen LogP contribution in [-0.2, 0) is 6.61 Å². The fourth-order valence-electron chi connectivity index (χ4n) is 1.70. The van der Waals surface area contributed by atoms with Crippen molar-refractivity contribution >= 4 is 5.69 Å². The summed E-state index contributed by atoms with van der Waals surface area (Å²) >= 11 is 0. The average Bonchev–Trinajstić information content (AvgIpc) is 2.45. The first-order valence-corrected chi connectivity index (χ1v) is 6.46. The van der Waals surface area contributed by atoms with Gasteiger partial charge in [-0.15, -0.1) is 0 Å². The van der Waals surface area contributed by atoms with Crippen LogP contribution in [0.4, 0.5) is 14.5 Å². The molecule has 106 valence electrons. The van der Waals surface area contributed by atoms with E-state index in [4.69, 9.17) is 4.74 Å². The summed E-state index contributed by atoms with van der Waals surface area (Å²) in [7, 11) is 0. The summed E-state index contributed by atoms with van der Waals surface area (Å²) in [5, 5.41) is 3.21. The van der Waals surface area contributed by atoms with E-state index in [1.165, 1.54) is 6.07 Å². The number of hydrogen-bond acceptors (Lipinski definition) is 3. The minimum atomic E-state index is -0.717. The summed E-state index contributed by atoms with van der Waals surface area (Å²) in [6, 6.07) is 7.25. The molecule has 5 heteroatoms. The Labute approximate surface area is 116 Å². The highest BCUT2D eigenvalue weighted by molar-refractivity contribution is 5.43. The number of nitrogens with one attached hydrogen (secondary N) is 1. The summed E-state index contributed by atoms with van der Waals surface area (Å²) in [6.07, 6.45) is 2.64. The van der Waals surface area contributed by atoms with E-state index in [0.717, 1.165) is 30.8 Å². The first kappa shape index (κ1) is 14.2. The largest absolute Gasteiger partial charge is 0.481 e. The average molecular weight is 278 g/mol. The second kappa shape index (κ2) is 6.84. The molecule has 0 unspecified atom stereocenters. The zero-order chi connectivity index (χ0) is 14.4. The monoisotopic (exact) mass is 278 g/mol. The van der Waals surface area contributed by atoms with Gasteiger partial charge in [-0.2, -0.15) is 0 Å². The van der Waals surface area contributed by atoms with Crippen LogP contribution in [0.5, 0.6) is 5.75 Å². The molecular weight excluding hydrogens is 262 g/mol. The van der Waals surface area contributed by atoms with Crippen LogP contribution >= 0.6 is 0 Å². The predicted molar refractivity (Wildman–Crippen MR) is 73.7 cm³/mol. The SMILES string of the molecule is CCCNc1ccnc(COc2c(F)cccc2F)c1. The molecule has 0 fully saturated rings. The van der Waals surface area contributed by atoms with Gasteiger partial charge in [0.15, 0.2) is 17.4 Å². The number of halogens is 2. The number of aromatic nitrogens is 1. The van der Waals surface area contributed by atoms with E-state index in [-0.39, 0.29) is 12.4 Å². The van der Waals surface area contributed by atoms with Crippen LogP contribution in [-0.4, -0.2) is 11.5 Å². The quantitative estimate of drug-likeness (QED) is 0.873. The summed E-state index contributed by atoms with van der Waals surface area (Å²) in [6.45, 7) is 2.94. The third kappa shape index (κ3) is 3.66. The summed E-state index contributed by atoms with van der Waals surface area (Å²) in [5.74, 6) is -1.81. The number of rotatable bonds is 6. The molecular formula is C15H16F2N2O. The van der Waals surface area contributed by atoms with Crippen LogP contribution in [0.3, 0.4) is 0 Å². The van der Waals surface area contributed by atoms with E-state index in [1.54, 1.807) is 12.3 Å². The molecule has 1 aromatic carbocycles. The molecule has 0 saturated heterocycles. The molecule has 20 heavy (non-hydrogen) atoms. The molecule has 0 aliphatic heterocycles. The number of nitrogens with zero attached hydrogens (tertiary/aromatic N) is 1. The highest BCUT2D eigenvalue weighted by atomic mass is 19.1. The van der Waals surface area contributed by atoms with Crippen LogP contribution < -0.4 is 10.1 Å². The van der Waals surface area contributed by atoms with Gasteiger partial charge in [-0.3, -0.25) is 4.98 Å². The third-order valence-electron chi connectivity index (χ3n) is 2.68. The van der Waals surface area contributed by atoms with Crippen molar-refractivity contribution in [1.82, 2.24) is 4.98 Å². The summed E-state index contributed by atoms with van der Waals surface area (Å²) in [5.41, 5.74) is 1.52. The molecule has 0 saturated carbocycles. The Morgan fingerprint density at radius 3 is 2.65 bits per heavy atom. The second-order valence-electron chi connectivity index (χ2n) is 4.30. The summed E-state index contributed by atoms with van der Waals surface area (Å²) in [4.78, 5) is 4.11. The molecule has 0 aliphatic rings. The smallest absolute Gasteiger partial charge is 0.191 e. The van der Waals surface area contributed by atoms with Gasteiger partial charge in [-0.25, -0.2) is 8.78 Å². The van der Waals surface area contributed by atoms with Gasteiger partial charge in [0.1, 0.15) is 6.61 Å². The van der Waals surface area contributed by atoms with Gasteiger partial charge >= 0.3 is 0 Å². The first-order valence-electron chi connectivity index (χ1n) is 6.46. The van der Waals surface area contributed by atoms with Crippen LogP contribution in [0.1, 0.15) is 19.0 Å². The Kier molecular flexibility index (Phi) is 4.87. The van der Waals surface area contributed by atoms with Crippen molar-refractivity contribution in [2.75, 3.05) is 11.9 Å². The highest BCUT2D eigenvalue weighted by Crippen LogP contribution is 2.22. The van der Waals surface area contributed by atoms with Gasteiger partial charge in [0.05, 0.1) is 5.69 Å². The van der Waals surface area contributed by atoms with Crippen molar-refractivity contribution in [3.05, 3.63) is 53.9 Å². The molecule has 3 nitrogen and oxygen atoms in total. The fraction of sp³-hybridized carbons (Fsp3) is 0.267. The lowest BCUT2D eigenvalue weighted by Gasteiger charge is -2.09. The molecule has 0 aliphatic carbocycles. The van der Waals surface area contributed by atoms with Gasteiger partial charge < -0.3 is 10.1 Å². The van der Waals surface area contributed by atoms with Gasteiger partial charge in [0, 0.05) is 18.4 Å². The Morgan fingerprint density at radius 2 is 1.95 bits per heavy atom. The van der Waals surface area contributed by atoms with E-state index in [1.807, 2.05) is 6.07 Å². The Bertz CT molecular complexity index is 555. The maximum Gasteiger partial charge on any atom is 0.191 e. The Hall–Kier alpha value is -2.17. The van der Waals surface area contributed by atoms with E-state index < -0.39 is 11.6 Å². The Morgan fingerprint density at radius 1 is 1.20 bits per heavy atom. The van der Waals surface area contributed by atoms with Crippen molar-refractivity contribution < 1.29 is 13.5 Å². The topological polar surface area (TPSA) is 34.2 Å². The number of ether oxygens (including phenoxy) is 1. The van der Waals surface area contributed by atoms with Gasteiger partial charge in [0.25, 0.3) is 0 Å². The van der Waals surface area contributed by atoms with E-state index in [9.17, 15) is 8.78 Å². The number of para-hydroxylation sites is 1. The minimum absolute atomic E-state index is 0.0134. The van der Waals surface area contributed by atoms with Crippen molar-refractivity contribution in [2.45, 2.75) is 20.0 Å². The molecule has 0 amide bonds.